The molecule has 0 spiro atoms. The molecule has 1 aromatic rings. The molecule has 21 heavy (non-hydrogen) atoms. The number of benzene rings is 1. The summed E-state index contributed by atoms with van der Waals surface area (Å²) in [4.78, 5) is 13.1. The van der Waals surface area contributed by atoms with Crippen molar-refractivity contribution in [3.8, 4) is 5.75 Å². The summed E-state index contributed by atoms with van der Waals surface area (Å²) in [7, 11) is 0. The molecule has 116 valence electrons. The maximum atomic E-state index is 10.8. The zero-order chi connectivity index (χ0) is 15.2. The van der Waals surface area contributed by atoms with E-state index in [1.807, 2.05) is 12.1 Å². The molecule has 4 heteroatoms. The van der Waals surface area contributed by atoms with Gasteiger partial charge in [0, 0.05) is 18.6 Å². The van der Waals surface area contributed by atoms with E-state index in [9.17, 15) is 4.79 Å². The van der Waals surface area contributed by atoms with Crippen LogP contribution < -0.4 is 4.74 Å². The van der Waals surface area contributed by atoms with E-state index in [0.29, 0.717) is 12.6 Å². The number of hydrogen-bond donors (Lipinski definition) is 1. The predicted molar refractivity (Wildman–Crippen MR) is 82.6 cm³/mol. The normalized spacial score (nSPS) is 16.0. The first-order valence-electron chi connectivity index (χ1n) is 7.82. The van der Waals surface area contributed by atoms with E-state index in [1.165, 1.54) is 18.4 Å². The van der Waals surface area contributed by atoms with Gasteiger partial charge in [-0.1, -0.05) is 19.1 Å². The quantitative estimate of drug-likeness (QED) is 0.757. The summed E-state index contributed by atoms with van der Waals surface area (Å²) < 4.78 is 5.60. The second-order valence-electron chi connectivity index (χ2n) is 5.71. The molecular formula is C17H25NO3. The van der Waals surface area contributed by atoms with Crippen LogP contribution in [0.25, 0.3) is 0 Å². The molecule has 2 rings (SSSR count). The highest BCUT2D eigenvalue weighted by molar-refractivity contribution is 5.66. The minimum Gasteiger partial charge on any atom is -0.494 e. The van der Waals surface area contributed by atoms with E-state index in [2.05, 4.69) is 30.9 Å². The van der Waals surface area contributed by atoms with Crippen LogP contribution in [0.1, 0.15) is 51.1 Å². The molecular weight excluding hydrogens is 266 g/mol. The first kappa shape index (κ1) is 15.8. The largest absolute Gasteiger partial charge is 0.494 e. The molecule has 0 bridgehead atoms. The van der Waals surface area contributed by atoms with E-state index >= 15 is 0 Å². The van der Waals surface area contributed by atoms with Crippen molar-refractivity contribution in [2.75, 3.05) is 13.2 Å². The zero-order valence-electron chi connectivity index (χ0n) is 12.9. The third kappa shape index (κ3) is 4.74. The molecule has 1 saturated carbocycles. The number of aliphatic carboxylic acids is 1. The van der Waals surface area contributed by atoms with Crippen LogP contribution in [0.4, 0.5) is 0 Å². The number of carboxylic acids is 1. The molecule has 0 saturated heterocycles. The van der Waals surface area contributed by atoms with E-state index in [4.69, 9.17) is 9.84 Å². The van der Waals surface area contributed by atoms with Crippen LogP contribution >= 0.6 is 0 Å². The Kier molecular flexibility index (Phi) is 5.62. The number of carbonyl (C=O) groups is 1. The highest BCUT2D eigenvalue weighted by Gasteiger charge is 2.32. The number of ether oxygens (including phenoxy) is 1. The smallest absolute Gasteiger partial charge is 0.304 e. The van der Waals surface area contributed by atoms with Crippen molar-refractivity contribution in [3.05, 3.63) is 29.8 Å². The van der Waals surface area contributed by atoms with Crippen LogP contribution in [0.15, 0.2) is 24.3 Å². The predicted octanol–water partition coefficient (Wildman–Crippen LogP) is 3.48. The standard InChI is InChI=1S/C17H25NO3/c1-3-12-21-16-8-4-14(5-9-16)13(2)18(15-6-7-15)11-10-17(19)20/h4-5,8-9,13,15H,3,6-7,10-12H2,1-2H3,(H,19,20). The number of rotatable bonds is 9. The Balaban J connectivity index is 1.98. The lowest BCUT2D eigenvalue weighted by Gasteiger charge is -2.29. The van der Waals surface area contributed by atoms with Crippen molar-refractivity contribution in [1.29, 1.82) is 0 Å². The summed E-state index contributed by atoms with van der Waals surface area (Å²) in [6, 6.07) is 8.98. The van der Waals surface area contributed by atoms with Gasteiger partial charge in [0.15, 0.2) is 0 Å². The van der Waals surface area contributed by atoms with Crippen LogP contribution in [0, 0.1) is 0 Å². The molecule has 1 aromatic carbocycles. The molecule has 1 atom stereocenters. The van der Waals surface area contributed by atoms with Gasteiger partial charge in [-0.25, -0.2) is 0 Å². The fourth-order valence-electron chi connectivity index (χ4n) is 2.58. The van der Waals surface area contributed by atoms with Gasteiger partial charge in [0.25, 0.3) is 0 Å². The van der Waals surface area contributed by atoms with Crippen molar-refractivity contribution in [2.45, 2.75) is 51.6 Å². The van der Waals surface area contributed by atoms with Crippen LogP contribution in [-0.2, 0) is 4.79 Å². The number of nitrogens with zero attached hydrogens (tertiary/aromatic N) is 1. The van der Waals surface area contributed by atoms with Gasteiger partial charge in [-0.3, -0.25) is 9.69 Å². The van der Waals surface area contributed by atoms with Gasteiger partial charge in [0.2, 0.25) is 0 Å². The fourth-order valence-corrected chi connectivity index (χ4v) is 2.58. The van der Waals surface area contributed by atoms with E-state index in [1.54, 1.807) is 0 Å². The number of hydrogen-bond acceptors (Lipinski definition) is 3. The van der Waals surface area contributed by atoms with Gasteiger partial charge in [-0.15, -0.1) is 0 Å². The number of carboxylic acid groups (broad SMARTS) is 1. The summed E-state index contributed by atoms with van der Waals surface area (Å²) in [5, 5.41) is 8.89. The third-order valence-corrected chi connectivity index (χ3v) is 3.93. The van der Waals surface area contributed by atoms with Gasteiger partial charge in [0.05, 0.1) is 13.0 Å². The molecule has 0 radical (unpaired) electrons. The lowest BCUT2D eigenvalue weighted by Crippen LogP contribution is -2.31. The van der Waals surface area contributed by atoms with Crippen LogP contribution in [0.5, 0.6) is 5.75 Å². The van der Waals surface area contributed by atoms with Crippen molar-refractivity contribution >= 4 is 5.97 Å². The first-order chi connectivity index (χ1) is 10.1. The van der Waals surface area contributed by atoms with Gasteiger partial charge in [-0.2, -0.15) is 0 Å². The molecule has 4 nitrogen and oxygen atoms in total. The molecule has 0 aliphatic heterocycles. The fraction of sp³-hybridized carbons (Fsp3) is 0.588. The molecule has 0 aromatic heterocycles. The average Bonchev–Trinajstić information content (AvgIpc) is 3.30. The minimum absolute atomic E-state index is 0.207. The van der Waals surface area contributed by atoms with Crippen molar-refractivity contribution < 1.29 is 14.6 Å². The Hall–Kier alpha value is -1.55. The molecule has 1 N–H and O–H groups in total. The second-order valence-corrected chi connectivity index (χ2v) is 5.71. The van der Waals surface area contributed by atoms with Crippen molar-refractivity contribution in [3.63, 3.8) is 0 Å². The topological polar surface area (TPSA) is 49.8 Å². The highest BCUT2D eigenvalue weighted by atomic mass is 16.5. The van der Waals surface area contributed by atoms with Gasteiger partial charge >= 0.3 is 5.97 Å². The molecule has 1 unspecified atom stereocenters. The van der Waals surface area contributed by atoms with Crippen LogP contribution in [0.2, 0.25) is 0 Å². The van der Waals surface area contributed by atoms with Gasteiger partial charge in [0.1, 0.15) is 5.75 Å². The summed E-state index contributed by atoms with van der Waals surface area (Å²) in [6.07, 6.45) is 3.57. The summed E-state index contributed by atoms with van der Waals surface area (Å²) in [6.45, 7) is 5.60. The lowest BCUT2D eigenvalue weighted by molar-refractivity contribution is -0.137. The molecule has 1 aliphatic carbocycles. The maximum absolute atomic E-state index is 10.8. The Labute approximate surface area is 126 Å². The van der Waals surface area contributed by atoms with E-state index < -0.39 is 5.97 Å². The average molecular weight is 291 g/mol. The van der Waals surface area contributed by atoms with Gasteiger partial charge < -0.3 is 9.84 Å². The Morgan fingerprint density at radius 3 is 2.57 bits per heavy atom. The van der Waals surface area contributed by atoms with Crippen molar-refractivity contribution in [2.24, 2.45) is 0 Å². The Morgan fingerprint density at radius 2 is 2.05 bits per heavy atom. The molecule has 0 heterocycles. The molecule has 1 fully saturated rings. The van der Waals surface area contributed by atoms with Crippen LogP contribution in [0.3, 0.4) is 0 Å². The van der Waals surface area contributed by atoms with E-state index in [-0.39, 0.29) is 12.5 Å². The molecule has 0 amide bonds. The third-order valence-electron chi connectivity index (χ3n) is 3.93. The summed E-state index contributed by atoms with van der Waals surface area (Å²) >= 11 is 0. The van der Waals surface area contributed by atoms with Crippen molar-refractivity contribution in [1.82, 2.24) is 4.90 Å². The second kappa shape index (κ2) is 7.46. The van der Waals surface area contributed by atoms with E-state index in [0.717, 1.165) is 18.8 Å². The lowest BCUT2D eigenvalue weighted by atomic mass is 10.1. The monoisotopic (exact) mass is 291 g/mol. The Morgan fingerprint density at radius 1 is 1.38 bits per heavy atom. The summed E-state index contributed by atoms with van der Waals surface area (Å²) in [5.41, 5.74) is 1.22. The SMILES string of the molecule is CCCOc1ccc(C(C)N(CCC(=O)O)C2CC2)cc1. The minimum atomic E-state index is -0.726. The first-order valence-corrected chi connectivity index (χ1v) is 7.82. The summed E-state index contributed by atoms with van der Waals surface area (Å²) in [5.74, 6) is 0.174. The van der Waals surface area contributed by atoms with Gasteiger partial charge in [-0.05, 0) is 43.9 Å². The zero-order valence-corrected chi connectivity index (χ0v) is 12.9. The Bertz CT molecular complexity index is 454. The molecule has 1 aliphatic rings. The van der Waals surface area contributed by atoms with Crippen LogP contribution in [-0.4, -0.2) is 35.2 Å². The highest BCUT2D eigenvalue weighted by Crippen LogP contribution is 2.34. The maximum Gasteiger partial charge on any atom is 0.304 e.